The Labute approximate surface area is 132 Å². The van der Waals surface area contributed by atoms with Crippen molar-refractivity contribution in [3.8, 4) is 0 Å². The minimum atomic E-state index is -5.94. The Hall–Kier alpha value is 0.500. The van der Waals surface area contributed by atoms with Gasteiger partial charge in [-0.05, 0) is 6.92 Å². The summed E-state index contributed by atoms with van der Waals surface area (Å²) >= 11 is -5.94. The molecule has 18 heavy (non-hydrogen) atoms. The van der Waals surface area contributed by atoms with Crippen molar-refractivity contribution in [1.29, 1.82) is 0 Å². The molecular formula is C7H13INNaO8. The summed E-state index contributed by atoms with van der Waals surface area (Å²) in [6, 6.07) is -0.681. The van der Waals surface area contributed by atoms with Gasteiger partial charge in [0.15, 0.2) is 12.1 Å². The second kappa shape index (κ2) is 15.6. The molecule has 0 heterocycles. The number of Topliss-reactive ketones (excluding diaryl/α,β-unsaturated/α-hetero) is 2. The van der Waals surface area contributed by atoms with Crippen molar-refractivity contribution in [2.24, 2.45) is 5.73 Å². The molecule has 3 N–H and O–H groups in total. The fourth-order valence-electron chi connectivity index (χ4n) is 0.129. The Morgan fingerprint density at radius 1 is 1.28 bits per heavy atom. The van der Waals surface area contributed by atoms with Gasteiger partial charge in [-0.2, -0.15) is 0 Å². The van der Waals surface area contributed by atoms with Crippen molar-refractivity contribution in [3.63, 3.8) is 0 Å². The van der Waals surface area contributed by atoms with E-state index in [0.717, 1.165) is 0 Å². The Balaban J connectivity index is -0.0000000813. The number of halogens is 1. The molecule has 0 aromatic heterocycles. The Morgan fingerprint density at radius 3 is 1.50 bits per heavy atom. The molecule has 0 aromatic rings. The average Bonchev–Trinajstić information content (AvgIpc) is 2.14. The van der Waals surface area contributed by atoms with Gasteiger partial charge in [0.1, 0.15) is 25.9 Å². The van der Waals surface area contributed by atoms with Crippen molar-refractivity contribution in [2.45, 2.75) is 19.9 Å². The zero-order valence-electron chi connectivity index (χ0n) is 10.1. The van der Waals surface area contributed by atoms with Crippen LogP contribution in [0.25, 0.3) is 0 Å². The van der Waals surface area contributed by atoms with Gasteiger partial charge >= 0.3 is 29.6 Å². The molecule has 0 radical (unpaired) electrons. The van der Waals surface area contributed by atoms with E-state index in [2.05, 4.69) is 0 Å². The SMILES string of the molecule is CC(=O)C(N)CO.CC(=O)C=O.[Na+].[O-][I+3]([O-])([O-])[O-]. The van der Waals surface area contributed by atoms with E-state index in [0.29, 0.717) is 0 Å². The average molecular weight is 389 g/mol. The van der Waals surface area contributed by atoms with Crippen molar-refractivity contribution >= 4 is 17.9 Å². The number of nitrogens with two attached hydrogens (primary N) is 1. The molecule has 11 heteroatoms. The van der Waals surface area contributed by atoms with Crippen LogP contribution in [0.15, 0.2) is 0 Å². The van der Waals surface area contributed by atoms with Gasteiger partial charge < -0.3 is 10.8 Å². The summed E-state index contributed by atoms with van der Waals surface area (Å²) in [5.41, 5.74) is 5.02. The van der Waals surface area contributed by atoms with Crippen LogP contribution in [0.5, 0.6) is 0 Å². The summed E-state index contributed by atoms with van der Waals surface area (Å²) in [4.78, 5) is 28.7. The molecular weight excluding hydrogens is 376 g/mol. The maximum Gasteiger partial charge on any atom is 1.00 e. The first-order chi connectivity index (χ1) is 7.45. The Bertz CT molecular complexity index is 238. The van der Waals surface area contributed by atoms with Crippen molar-refractivity contribution in [3.05, 3.63) is 0 Å². The number of aldehydes is 1. The number of hydrogen-bond acceptors (Lipinski definition) is 9. The third-order valence-corrected chi connectivity index (χ3v) is 0.885. The van der Waals surface area contributed by atoms with E-state index in [4.69, 9.17) is 29.4 Å². The topological polar surface area (TPSA) is 190 Å². The second-order valence-electron chi connectivity index (χ2n) is 2.51. The number of aliphatic hydroxyl groups excluding tert-OH is 1. The minimum Gasteiger partial charge on any atom is -0.394 e. The zero-order chi connectivity index (χ0) is 14.6. The molecule has 0 saturated heterocycles. The van der Waals surface area contributed by atoms with Gasteiger partial charge in [0, 0.05) is 6.92 Å². The van der Waals surface area contributed by atoms with Gasteiger partial charge in [0.05, 0.1) is 12.6 Å². The van der Waals surface area contributed by atoms with E-state index >= 15 is 0 Å². The van der Waals surface area contributed by atoms with Crippen LogP contribution in [0.3, 0.4) is 0 Å². The second-order valence-corrected chi connectivity index (χ2v) is 4.66. The van der Waals surface area contributed by atoms with Crippen LogP contribution >= 0.6 is 0 Å². The smallest absolute Gasteiger partial charge is 0.394 e. The maximum atomic E-state index is 10.1. The number of hydrogen-bond donors (Lipinski definition) is 2. The maximum absolute atomic E-state index is 10.1. The first kappa shape index (κ1) is 26.9. The third kappa shape index (κ3) is 54.9. The molecule has 0 rings (SSSR count). The van der Waals surface area contributed by atoms with Crippen LogP contribution in [0.2, 0.25) is 0 Å². The van der Waals surface area contributed by atoms with Crippen LogP contribution in [0.1, 0.15) is 13.8 Å². The van der Waals surface area contributed by atoms with E-state index in [-0.39, 0.29) is 48.2 Å². The number of carbonyl (C=O) groups excluding carboxylic acids is 3. The molecule has 0 aliphatic carbocycles. The van der Waals surface area contributed by atoms with E-state index in [9.17, 15) is 9.59 Å². The normalized spacial score (nSPS) is 10.4. The summed E-state index contributed by atoms with van der Waals surface area (Å²) in [5.74, 6) is -0.604. The summed E-state index contributed by atoms with van der Waals surface area (Å²) in [6.45, 7) is 2.31. The monoisotopic (exact) mass is 389 g/mol. The minimum absolute atomic E-state index is 0. The summed E-state index contributed by atoms with van der Waals surface area (Å²) in [7, 11) is 0. The molecule has 102 valence electrons. The van der Waals surface area contributed by atoms with E-state index in [1.807, 2.05) is 0 Å². The fourth-order valence-corrected chi connectivity index (χ4v) is 0.129. The van der Waals surface area contributed by atoms with Crippen LogP contribution in [-0.4, -0.2) is 35.6 Å². The van der Waals surface area contributed by atoms with Gasteiger partial charge in [-0.15, -0.1) is 0 Å². The van der Waals surface area contributed by atoms with Gasteiger partial charge in [0.25, 0.3) is 0 Å². The molecule has 1 atom stereocenters. The summed E-state index contributed by atoms with van der Waals surface area (Å²) in [6.07, 6.45) is 0.278. The van der Waals surface area contributed by atoms with E-state index in [1.165, 1.54) is 13.8 Å². The largest absolute Gasteiger partial charge is 1.00 e. The molecule has 0 bridgehead atoms. The van der Waals surface area contributed by atoms with Crippen LogP contribution in [0, 0.1) is 0 Å². The summed E-state index contributed by atoms with van der Waals surface area (Å²) in [5, 5.41) is 8.16. The first-order valence-electron chi connectivity index (χ1n) is 3.90. The van der Waals surface area contributed by atoms with Crippen LogP contribution in [-0.2, 0) is 14.4 Å². The number of aliphatic hydroxyl groups is 1. The number of carbonyl (C=O) groups is 3. The molecule has 0 spiro atoms. The number of ketones is 2. The Morgan fingerprint density at radius 2 is 1.50 bits per heavy atom. The van der Waals surface area contributed by atoms with Gasteiger partial charge in [-0.1, -0.05) is 0 Å². The molecule has 1 unspecified atom stereocenters. The van der Waals surface area contributed by atoms with Gasteiger partial charge in [0.2, 0.25) is 0 Å². The predicted molar refractivity (Wildman–Crippen MR) is 42.5 cm³/mol. The summed E-state index contributed by atoms with van der Waals surface area (Å²) < 4.78 is 34.5. The molecule has 0 saturated carbocycles. The molecule has 9 nitrogen and oxygen atoms in total. The van der Waals surface area contributed by atoms with Crippen LogP contribution < -0.4 is 69.1 Å². The van der Waals surface area contributed by atoms with E-state index in [1.54, 1.807) is 0 Å². The van der Waals surface area contributed by atoms with Crippen LogP contribution in [0.4, 0.5) is 0 Å². The number of rotatable bonds is 3. The predicted octanol–water partition coefficient (Wildman–Crippen LogP) is -12.1. The standard InChI is InChI=1S/C4H9NO2.C3H4O2.IO4.Na/c1-3(7)4(5)2-6;1-3(5)2-4;2-1(3,4)5;/h4,6H,2,5H2,1H3;2H,1H3;;/q;;-1;+1. The zero-order valence-corrected chi connectivity index (χ0v) is 14.3. The van der Waals surface area contributed by atoms with Crippen molar-refractivity contribution in [2.75, 3.05) is 6.61 Å². The molecule has 0 aromatic carbocycles. The Kier molecular flexibility index (Phi) is 23.3. The van der Waals surface area contributed by atoms with Crippen molar-refractivity contribution < 1.29 is 82.9 Å². The van der Waals surface area contributed by atoms with E-state index < -0.39 is 31.9 Å². The van der Waals surface area contributed by atoms with Gasteiger partial charge in [-0.3, -0.25) is 28.1 Å². The first-order valence-corrected chi connectivity index (χ1v) is 7.42. The van der Waals surface area contributed by atoms with Gasteiger partial charge in [-0.25, -0.2) is 0 Å². The molecule has 0 fully saturated rings. The van der Waals surface area contributed by atoms with Crippen molar-refractivity contribution in [1.82, 2.24) is 0 Å². The fraction of sp³-hybridized carbons (Fsp3) is 0.571. The molecule has 0 aliphatic rings. The molecule has 0 aliphatic heterocycles. The third-order valence-electron chi connectivity index (χ3n) is 0.885. The molecule has 0 amide bonds. The quantitative estimate of drug-likeness (QED) is 0.204.